The first-order chi connectivity index (χ1) is 9.36. The van der Waals surface area contributed by atoms with Gasteiger partial charge in [-0.25, -0.2) is 9.37 Å². The standard InChI is InChI=1S/C15H18FN3O/c1-15(2,3)14-18-12(17)8-13(19-14)20-9-10-6-4-5-7-11(10)16/h4-8H,9H2,1-3H3,(H2,17,18,19). The number of hydrogen-bond donors (Lipinski definition) is 1. The van der Waals surface area contributed by atoms with E-state index in [1.807, 2.05) is 20.8 Å². The molecule has 0 bridgehead atoms. The van der Waals surface area contributed by atoms with Gasteiger partial charge >= 0.3 is 0 Å². The van der Waals surface area contributed by atoms with E-state index in [1.165, 1.54) is 12.1 Å². The van der Waals surface area contributed by atoms with Crippen LogP contribution in [0.4, 0.5) is 10.2 Å². The van der Waals surface area contributed by atoms with Gasteiger partial charge in [0.25, 0.3) is 0 Å². The highest BCUT2D eigenvalue weighted by Gasteiger charge is 2.19. The fraction of sp³-hybridized carbons (Fsp3) is 0.333. The Hall–Kier alpha value is -2.17. The zero-order chi connectivity index (χ0) is 14.8. The van der Waals surface area contributed by atoms with E-state index in [0.29, 0.717) is 23.1 Å². The lowest BCUT2D eigenvalue weighted by atomic mass is 9.96. The van der Waals surface area contributed by atoms with Crippen molar-refractivity contribution in [3.8, 4) is 5.88 Å². The summed E-state index contributed by atoms with van der Waals surface area (Å²) < 4.78 is 19.0. The maximum atomic E-state index is 13.5. The van der Waals surface area contributed by atoms with Crippen molar-refractivity contribution in [1.29, 1.82) is 0 Å². The molecule has 0 saturated carbocycles. The van der Waals surface area contributed by atoms with Crippen LogP contribution in [0.15, 0.2) is 30.3 Å². The van der Waals surface area contributed by atoms with Gasteiger partial charge in [-0.1, -0.05) is 39.0 Å². The molecule has 4 nitrogen and oxygen atoms in total. The van der Waals surface area contributed by atoms with E-state index >= 15 is 0 Å². The maximum absolute atomic E-state index is 13.5. The minimum atomic E-state index is -0.300. The summed E-state index contributed by atoms with van der Waals surface area (Å²) >= 11 is 0. The molecule has 5 heteroatoms. The van der Waals surface area contributed by atoms with Crippen molar-refractivity contribution < 1.29 is 9.13 Å². The summed E-state index contributed by atoms with van der Waals surface area (Å²) in [5, 5.41) is 0. The molecule has 0 unspecified atom stereocenters. The second kappa shape index (κ2) is 5.45. The van der Waals surface area contributed by atoms with Gasteiger partial charge in [-0.15, -0.1) is 0 Å². The van der Waals surface area contributed by atoms with E-state index in [2.05, 4.69) is 9.97 Å². The third-order valence-electron chi connectivity index (χ3n) is 2.73. The quantitative estimate of drug-likeness (QED) is 0.935. The molecule has 20 heavy (non-hydrogen) atoms. The van der Waals surface area contributed by atoms with Crippen molar-refractivity contribution in [1.82, 2.24) is 9.97 Å². The molecule has 0 atom stereocenters. The van der Waals surface area contributed by atoms with Crippen LogP contribution in [0, 0.1) is 5.82 Å². The molecule has 2 aromatic rings. The van der Waals surface area contributed by atoms with Crippen molar-refractivity contribution in [2.45, 2.75) is 32.8 Å². The number of halogens is 1. The topological polar surface area (TPSA) is 61.0 Å². The number of benzene rings is 1. The highest BCUT2D eigenvalue weighted by Crippen LogP contribution is 2.22. The van der Waals surface area contributed by atoms with E-state index in [-0.39, 0.29) is 17.8 Å². The van der Waals surface area contributed by atoms with Gasteiger partial charge < -0.3 is 10.5 Å². The molecule has 1 aromatic heterocycles. The molecule has 0 aliphatic rings. The third kappa shape index (κ3) is 3.44. The number of aromatic nitrogens is 2. The van der Waals surface area contributed by atoms with Crippen molar-refractivity contribution in [2.24, 2.45) is 0 Å². The van der Waals surface area contributed by atoms with Crippen LogP contribution in [0.5, 0.6) is 5.88 Å². The summed E-state index contributed by atoms with van der Waals surface area (Å²) in [7, 11) is 0. The van der Waals surface area contributed by atoms with E-state index in [0.717, 1.165) is 0 Å². The number of nitrogen functional groups attached to an aromatic ring is 1. The van der Waals surface area contributed by atoms with Gasteiger partial charge in [0.15, 0.2) is 0 Å². The van der Waals surface area contributed by atoms with E-state index in [4.69, 9.17) is 10.5 Å². The largest absolute Gasteiger partial charge is 0.473 e. The summed E-state index contributed by atoms with van der Waals surface area (Å²) in [5.41, 5.74) is 5.99. The SMILES string of the molecule is CC(C)(C)c1nc(N)cc(OCc2ccccc2F)n1. The van der Waals surface area contributed by atoms with Crippen molar-refractivity contribution in [3.05, 3.63) is 47.5 Å². The minimum Gasteiger partial charge on any atom is -0.473 e. The number of nitrogens with zero attached hydrogens (tertiary/aromatic N) is 2. The molecule has 0 aliphatic carbocycles. The first-order valence-electron chi connectivity index (χ1n) is 6.37. The van der Waals surface area contributed by atoms with Gasteiger partial charge in [-0.2, -0.15) is 4.98 Å². The van der Waals surface area contributed by atoms with Gasteiger partial charge in [0.05, 0.1) is 0 Å². The first kappa shape index (κ1) is 14.2. The van der Waals surface area contributed by atoms with Crippen molar-refractivity contribution in [3.63, 3.8) is 0 Å². The Morgan fingerprint density at radius 1 is 1.20 bits per heavy atom. The van der Waals surface area contributed by atoms with Crippen molar-refractivity contribution in [2.75, 3.05) is 5.73 Å². The maximum Gasteiger partial charge on any atom is 0.219 e. The van der Waals surface area contributed by atoms with Gasteiger partial charge in [0.2, 0.25) is 5.88 Å². The van der Waals surface area contributed by atoms with Crippen LogP contribution >= 0.6 is 0 Å². The molecule has 1 aromatic carbocycles. The lowest BCUT2D eigenvalue weighted by Crippen LogP contribution is -2.17. The fourth-order valence-electron chi connectivity index (χ4n) is 1.62. The average Bonchev–Trinajstić information content (AvgIpc) is 2.36. The molecule has 0 fully saturated rings. The summed E-state index contributed by atoms with van der Waals surface area (Å²) in [6, 6.07) is 8.00. The summed E-state index contributed by atoms with van der Waals surface area (Å²) in [4.78, 5) is 8.50. The summed E-state index contributed by atoms with van der Waals surface area (Å²) in [6.07, 6.45) is 0. The number of anilines is 1. The number of hydrogen-bond acceptors (Lipinski definition) is 4. The van der Waals surface area contributed by atoms with E-state index in [1.54, 1.807) is 18.2 Å². The lowest BCUT2D eigenvalue weighted by molar-refractivity contribution is 0.285. The Kier molecular flexibility index (Phi) is 3.88. The predicted octanol–water partition coefficient (Wildman–Crippen LogP) is 3.07. The van der Waals surface area contributed by atoms with E-state index < -0.39 is 0 Å². The van der Waals surface area contributed by atoms with E-state index in [9.17, 15) is 4.39 Å². The second-order valence-electron chi connectivity index (χ2n) is 5.58. The van der Waals surface area contributed by atoms with Gasteiger partial charge in [-0.05, 0) is 6.07 Å². The first-order valence-corrected chi connectivity index (χ1v) is 6.37. The summed E-state index contributed by atoms with van der Waals surface area (Å²) in [6.45, 7) is 6.07. The Balaban J connectivity index is 2.18. The van der Waals surface area contributed by atoms with Crippen LogP contribution in [0.25, 0.3) is 0 Å². The zero-order valence-electron chi connectivity index (χ0n) is 11.9. The Bertz CT molecular complexity index is 608. The second-order valence-corrected chi connectivity index (χ2v) is 5.58. The molecular weight excluding hydrogens is 257 g/mol. The molecule has 2 N–H and O–H groups in total. The molecular formula is C15H18FN3O. The predicted molar refractivity (Wildman–Crippen MR) is 75.9 cm³/mol. The van der Waals surface area contributed by atoms with Crippen LogP contribution in [0.2, 0.25) is 0 Å². The number of ether oxygens (including phenoxy) is 1. The van der Waals surface area contributed by atoms with Crippen molar-refractivity contribution >= 4 is 5.82 Å². The molecule has 2 rings (SSSR count). The Morgan fingerprint density at radius 3 is 2.55 bits per heavy atom. The van der Waals surface area contributed by atoms with Crippen LogP contribution in [-0.2, 0) is 12.0 Å². The number of nitrogens with two attached hydrogens (primary N) is 1. The van der Waals surface area contributed by atoms with Crippen LogP contribution < -0.4 is 10.5 Å². The van der Waals surface area contributed by atoms with Crippen LogP contribution in [0.1, 0.15) is 32.2 Å². The highest BCUT2D eigenvalue weighted by atomic mass is 19.1. The molecule has 106 valence electrons. The zero-order valence-corrected chi connectivity index (χ0v) is 11.9. The monoisotopic (exact) mass is 275 g/mol. The Labute approximate surface area is 117 Å². The van der Waals surface area contributed by atoms with Crippen LogP contribution in [-0.4, -0.2) is 9.97 Å². The molecule has 0 amide bonds. The summed E-state index contributed by atoms with van der Waals surface area (Å²) in [5.74, 6) is 0.991. The molecule has 0 radical (unpaired) electrons. The van der Waals surface area contributed by atoms with Crippen LogP contribution in [0.3, 0.4) is 0 Å². The Morgan fingerprint density at radius 2 is 1.90 bits per heavy atom. The number of rotatable bonds is 3. The molecule has 0 saturated heterocycles. The van der Waals surface area contributed by atoms with Gasteiger partial charge in [-0.3, -0.25) is 0 Å². The molecule has 0 aliphatic heterocycles. The highest BCUT2D eigenvalue weighted by molar-refractivity contribution is 5.34. The molecule has 0 spiro atoms. The van der Waals surface area contributed by atoms with Gasteiger partial charge in [0, 0.05) is 17.0 Å². The molecule has 1 heterocycles. The van der Waals surface area contributed by atoms with Gasteiger partial charge in [0.1, 0.15) is 24.1 Å². The minimum absolute atomic E-state index is 0.104. The normalized spacial score (nSPS) is 11.4. The lowest BCUT2D eigenvalue weighted by Gasteiger charge is -2.17. The third-order valence-corrected chi connectivity index (χ3v) is 2.73. The smallest absolute Gasteiger partial charge is 0.219 e. The fourth-order valence-corrected chi connectivity index (χ4v) is 1.62. The average molecular weight is 275 g/mol.